The van der Waals surface area contributed by atoms with Crippen LogP contribution in [0.15, 0.2) is 0 Å². The van der Waals surface area contributed by atoms with Gasteiger partial charge in [0.2, 0.25) is 0 Å². The van der Waals surface area contributed by atoms with Crippen LogP contribution in [0.2, 0.25) is 0 Å². The van der Waals surface area contributed by atoms with Crippen LogP contribution in [0.25, 0.3) is 0 Å². The quantitative estimate of drug-likeness (QED) is 0.496. The van der Waals surface area contributed by atoms with Gasteiger partial charge in [0.15, 0.2) is 0 Å². The molecular formula is C11H17. The van der Waals surface area contributed by atoms with E-state index in [0.29, 0.717) is 0 Å². The summed E-state index contributed by atoms with van der Waals surface area (Å²) in [5.41, 5.74) is 0. The molecule has 0 aromatic heterocycles. The third kappa shape index (κ3) is 1.02. The maximum Gasteiger partial charge on any atom is -0.0233 e. The van der Waals surface area contributed by atoms with Crippen molar-refractivity contribution >= 4 is 0 Å². The molecule has 0 saturated heterocycles. The Hall–Kier alpha value is 0. The first kappa shape index (κ1) is 6.51. The van der Waals surface area contributed by atoms with Gasteiger partial charge in [-0.1, -0.05) is 12.8 Å². The first-order chi connectivity index (χ1) is 5.40. The zero-order valence-corrected chi connectivity index (χ0v) is 7.18. The molecule has 0 nitrogen and oxygen atoms in total. The topological polar surface area (TPSA) is 0 Å². The molecule has 0 spiro atoms. The highest BCUT2D eigenvalue weighted by molar-refractivity contribution is 5.05. The summed E-state index contributed by atoms with van der Waals surface area (Å²) in [5, 5.41) is 0. The van der Waals surface area contributed by atoms with Crippen LogP contribution in [0.5, 0.6) is 0 Å². The van der Waals surface area contributed by atoms with Crippen molar-refractivity contribution in [2.24, 2.45) is 17.8 Å². The highest BCUT2D eigenvalue weighted by Gasteiger charge is 2.39. The maximum atomic E-state index is 1.94. The third-order valence-corrected chi connectivity index (χ3v) is 4.05. The van der Waals surface area contributed by atoms with Gasteiger partial charge in [-0.3, -0.25) is 0 Å². The molecule has 4 rings (SSSR count). The predicted octanol–water partition coefficient (Wildman–Crippen LogP) is 3.18. The van der Waals surface area contributed by atoms with Crippen molar-refractivity contribution in [3.63, 3.8) is 0 Å². The summed E-state index contributed by atoms with van der Waals surface area (Å²) in [6.07, 6.45) is 10.8. The summed E-state index contributed by atoms with van der Waals surface area (Å²) in [6.45, 7) is 0. The van der Waals surface area contributed by atoms with E-state index in [0.717, 1.165) is 17.8 Å². The zero-order valence-electron chi connectivity index (χ0n) is 7.18. The van der Waals surface area contributed by atoms with Gasteiger partial charge in [0.1, 0.15) is 0 Å². The Kier molecular flexibility index (Phi) is 1.33. The van der Waals surface area contributed by atoms with Gasteiger partial charge in [-0.05, 0) is 55.8 Å². The van der Waals surface area contributed by atoms with Crippen LogP contribution in [0.3, 0.4) is 0 Å². The molecule has 0 heteroatoms. The second-order valence-electron chi connectivity index (χ2n) is 5.01. The second-order valence-corrected chi connectivity index (χ2v) is 5.01. The summed E-state index contributed by atoms with van der Waals surface area (Å²) >= 11 is 0. The molecule has 2 unspecified atom stereocenters. The van der Waals surface area contributed by atoms with Crippen LogP contribution in [-0.4, -0.2) is 0 Å². The largest absolute Gasteiger partial charge is 0.0502 e. The van der Waals surface area contributed by atoms with Gasteiger partial charge in [-0.2, -0.15) is 0 Å². The number of hydrogen-bond donors (Lipinski definition) is 0. The van der Waals surface area contributed by atoms with Crippen molar-refractivity contribution in [2.75, 3.05) is 0 Å². The fourth-order valence-electron chi connectivity index (χ4n) is 3.76. The lowest BCUT2D eigenvalue weighted by Gasteiger charge is -2.37. The average Bonchev–Trinajstić information content (AvgIpc) is 2.18. The Morgan fingerprint density at radius 2 is 1.27 bits per heavy atom. The van der Waals surface area contributed by atoms with Crippen LogP contribution in [0.1, 0.15) is 44.9 Å². The van der Waals surface area contributed by atoms with Crippen molar-refractivity contribution in [2.45, 2.75) is 44.9 Å². The third-order valence-electron chi connectivity index (χ3n) is 4.05. The van der Waals surface area contributed by atoms with E-state index in [1.54, 1.807) is 25.7 Å². The Labute approximate surface area is 69.4 Å². The highest BCUT2D eigenvalue weighted by atomic mass is 14.4. The first-order valence-electron chi connectivity index (χ1n) is 5.23. The van der Waals surface area contributed by atoms with Crippen molar-refractivity contribution in [3.8, 4) is 0 Å². The summed E-state index contributed by atoms with van der Waals surface area (Å²) in [6, 6.07) is 0. The molecule has 0 N–H and O–H groups in total. The Balaban J connectivity index is 1.90. The van der Waals surface area contributed by atoms with Gasteiger partial charge in [0.25, 0.3) is 0 Å². The second kappa shape index (κ2) is 2.24. The van der Waals surface area contributed by atoms with Crippen LogP contribution in [0.4, 0.5) is 0 Å². The molecular weight excluding hydrogens is 132 g/mol. The van der Waals surface area contributed by atoms with Gasteiger partial charge in [0.05, 0.1) is 0 Å². The Morgan fingerprint density at radius 1 is 0.727 bits per heavy atom. The first-order valence-corrected chi connectivity index (χ1v) is 5.23. The van der Waals surface area contributed by atoms with E-state index in [9.17, 15) is 0 Å². The van der Waals surface area contributed by atoms with Crippen molar-refractivity contribution in [3.05, 3.63) is 5.92 Å². The molecule has 1 radical (unpaired) electrons. The molecule has 4 bridgehead atoms. The maximum absolute atomic E-state index is 1.94. The SMILES string of the molecule is C1CC2C[C]3CC1CC(C3)C2. The fourth-order valence-corrected chi connectivity index (χ4v) is 3.76. The lowest BCUT2D eigenvalue weighted by atomic mass is 9.68. The van der Waals surface area contributed by atoms with E-state index in [1.807, 2.05) is 5.92 Å². The van der Waals surface area contributed by atoms with E-state index in [-0.39, 0.29) is 0 Å². The van der Waals surface area contributed by atoms with Crippen molar-refractivity contribution in [1.29, 1.82) is 0 Å². The summed E-state index contributed by atoms with van der Waals surface area (Å²) in [7, 11) is 0. The molecule has 61 valence electrons. The minimum atomic E-state index is 1.12. The minimum absolute atomic E-state index is 1.12. The Morgan fingerprint density at radius 3 is 1.82 bits per heavy atom. The van der Waals surface area contributed by atoms with Gasteiger partial charge < -0.3 is 0 Å². The van der Waals surface area contributed by atoms with E-state index in [4.69, 9.17) is 0 Å². The highest BCUT2D eigenvalue weighted by Crippen LogP contribution is 2.51. The van der Waals surface area contributed by atoms with Gasteiger partial charge >= 0.3 is 0 Å². The summed E-state index contributed by atoms with van der Waals surface area (Å²) in [5.74, 6) is 5.32. The van der Waals surface area contributed by atoms with E-state index in [1.165, 1.54) is 19.3 Å². The molecule has 4 aliphatic rings. The van der Waals surface area contributed by atoms with Gasteiger partial charge in [0, 0.05) is 0 Å². The molecule has 4 fully saturated rings. The van der Waals surface area contributed by atoms with Gasteiger partial charge in [-0.15, -0.1) is 0 Å². The monoisotopic (exact) mass is 149 g/mol. The Bertz CT molecular complexity index is 127. The molecule has 11 heavy (non-hydrogen) atoms. The number of fused-ring (bicyclic) bond motifs is 1. The molecule has 0 aromatic carbocycles. The number of hydrogen-bond acceptors (Lipinski definition) is 0. The smallest absolute Gasteiger partial charge is 0.0233 e. The molecule has 4 saturated carbocycles. The molecule has 2 atom stereocenters. The molecule has 0 heterocycles. The lowest BCUT2D eigenvalue weighted by molar-refractivity contribution is 0.229. The molecule has 0 amide bonds. The van der Waals surface area contributed by atoms with Crippen LogP contribution in [-0.2, 0) is 0 Å². The lowest BCUT2D eigenvalue weighted by Crippen LogP contribution is -2.25. The van der Waals surface area contributed by atoms with E-state index < -0.39 is 0 Å². The number of rotatable bonds is 0. The van der Waals surface area contributed by atoms with Crippen molar-refractivity contribution in [1.82, 2.24) is 0 Å². The summed E-state index contributed by atoms with van der Waals surface area (Å²) < 4.78 is 0. The standard InChI is InChI=1S/C11H17/c1-2-9-5-10-3-8(1)4-11(6-9)7-10/h8-10H,1-7H2. The van der Waals surface area contributed by atoms with Crippen LogP contribution in [0, 0.1) is 23.7 Å². The molecule has 4 aliphatic carbocycles. The predicted molar refractivity (Wildman–Crippen MR) is 46.0 cm³/mol. The molecule has 0 aromatic rings. The van der Waals surface area contributed by atoms with Crippen molar-refractivity contribution < 1.29 is 0 Å². The minimum Gasteiger partial charge on any atom is -0.0502 e. The van der Waals surface area contributed by atoms with Gasteiger partial charge in [-0.25, -0.2) is 0 Å². The fraction of sp³-hybridized carbons (Fsp3) is 0.909. The van der Waals surface area contributed by atoms with E-state index >= 15 is 0 Å². The van der Waals surface area contributed by atoms with Crippen LogP contribution >= 0.6 is 0 Å². The zero-order chi connectivity index (χ0) is 7.26. The molecule has 0 aliphatic heterocycles. The normalized spacial score (nSPS) is 49.6. The van der Waals surface area contributed by atoms with E-state index in [2.05, 4.69) is 0 Å². The average molecular weight is 149 g/mol. The van der Waals surface area contributed by atoms with Crippen LogP contribution < -0.4 is 0 Å². The summed E-state index contributed by atoms with van der Waals surface area (Å²) in [4.78, 5) is 0.